The Morgan fingerprint density at radius 2 is 1.37 bits per heavy atom. The summed E-state index contributed by atoms with van der Waals surface area (Å²) in [7, 11) is 0. The van der Waals surface area contributed by atoms with Crippen molar-refractivity contribution >= 4 is 29.9 Å². The fourth-order valence-corrected chi connectivity index (χ4v) is 5.35. The first kappa shape index (κ1) is 44.4. The zero-order valence-electron chi connectivity index (χ0n) is 30.8. The molecule has 0 saturated carbocycles. The first-order chi connectivity index (χ1) is 27.5. The lowest BCUT2D eigenvalue weighted by Crippen LogP contribution is -2.19. The number of esters is 1. The van der Waals surface area contributed by atoms with E-state index in [1.54, 1.807) is 4.57 Å². The Morgan fingerprint density at radius 3 is 2.00 bits per heavy atom. The molecule has 4 rings (SSSR count). The van der Waals surface area contributed by atoms with Crippen molar-refractivity contribution in [2.45, 2.75) is 65.1 Å². The number of benzene rings is 2. The summed E-state index contributed by atoms with van der Waals surface area (Å²) in [6.45, 7) is 1.17. The van der Waals surface area contributed by atoms with Crippen molar-refractivity contribution in [3.8, 4) is 22.5 Å². The number of aromatic nitrogens is 6. The van der Waals surface area contributed by atoms with E-state index in [2.05, 4.69) is 30.1 Å². The SMILES string of the molecule is CCCCc1nc(Cl)c(C(=O)OCOC(=O)OCCCCON(O)O)n1Cc1ccc(-c2ccccc2-c2nnn(COC(=O)OCCCCON(O)O)n2)cc1. The Morgan fingerprint density at radius 1 is 0.754 bits per heavy atom. The van der Waals surface area contributed by atoms with Gasteiger partial charge in [-0.1, -0.05) is 73.5 Å². The molecule has 22 nitrogen and oxygen atoms in total. The van der Waals surface area contributed by atoms with E-state index in [1.807, 2.05) is 55.5 Å². The summed E-state index contributed by atoms with van der Waals surface area (Å²) in [5.74, 6) is 0.00790. The maximum absolute atomic E-state index is 13.2. The van der Waals surface area contributed by atoms with Gasteiger partial charge in [0.05, 0.1) is 37.2 Å². The van der Waals surface area contributed by atoms with Gasteiger partial charge in [0.15, 0.2) is 10.8 Å². The van der Waals surface area contributed by atoms with Crippen molar-refractivity contribution in [2.24, 2.45) is 0 Å². The minimum absolute atomic E-state index is 0.00763. The summed E-state index contributed by atoms with van der Waals surface area (Å²) < 4.78 is 26.6. The molecule has 0 aliphatic carbocycles. The standard InChI is InChI=1S/C34H43ClN8O14/c1-2-3-12-28-36-30(35)29(32(44)54-23-55-34(46)52-18-7-9-20-57-43(49)50)40(28)21-24-13-15-25(16-14-24)26-10-4-5-11-27(26)31-37-39-41(38-31)22-53-33(45)51-17-6-8-19-56-42(47)48/h4-5,10-11,13-16,47-50H,2-3,6-9,12,17-23H2,1H3. The second kappa shape index (κ2) is 23.7. The van der Waals surface area contributed by atoms with Gasteiger partial charge in [-0.3, -0.25) is 30.5 Å². The highest BCUT2D eigenvalue weighted by Crippen LogP contribution is 2.30. The molecule has 0 saturated heterocycles. The van der Waals surface area contributed by atoms with E-state index in [0.29, 0.717) is 43.5 Å². The van der Waals surface area contributed by atoms with Gasteiger partial charge in [0.25, 0.3) is 0 Å². The third kappa shape index (κ3) is 14.9. The van der Waals surface area contributed by atoms with Crippen molar-refractivity contribution in [3.63, 3.8) is 0 Å². The van der Waals surface area contributed by atoms with Gasteiger partial charge >= 0.3 is 18.3 Å². The largest absolute Gasteiger partial charge is 0.511 e. The maximum Gasteiger partial charge on any atom is 0.511 e. The van der Waals surface area contributed by atoms with E-state index in [4.69, 9.17) is 56.1 Å². The average molecular weight is 823 g/mol. The van der Waals surface area contributed by atoms with Crippen LogP contribution >= 0.6 is 11.6 Å². The normalized spacial score (nSPS) is 11.2. The number of unbranched alkanes of at least 4 members (excludes halogenated alkanes) is 3. The molecule has 2 aromatic carbocycles. The Hall–Kier alpha value is -5.30. The molecular formula is C34H43ClN8O14. The monoisotopic (exact) mass is 822 g/mol. The van der Waals surface area contributed by atoms with Crippen LogP contribution in [0.5, 0.6) is 0 Å². The summed E-state index contributed by atoms with van der Waals surface area (Å²) in [5.41, 5.74) is 3.10. The lowest BCUT2D eigenvalue weighted by atomic mass is 9.98. The quantitative estimate of drug-likeness (QED) is 0.0232. The lowest BCUT2D eigenvalue weighted by Gasteiger charge is -2.13. The Kier molecular flexibility index (Phi) is 18.5. The lowest BCUT2D eigenvalue weighted by molar-refractivity contribution is -0.492. The number of nitrogens with zero attached hydrogens (tertiary/aromatic N) is 8. The van der Waals surface area contributed by atoms with Crippen LogP contribution in [0.3, 0.4) is 0 Å². The van der Waals surface area contributed by atoms with Gasteiger partial charge in [-0.2, -0.15) is 0 Å². The number of carbonyl (C=O) groups excluding carboxylic acids is 3. The number of hydrogen-bond acceptors (Lipinski definition) is 20. The third-order valence-corrected chi connectivity index (χ3v) is 8.04. The molecule has 0 aliphatic rings. The highest BCUT2D eigenvalue weighted by Gasteiger charge is 2.24. The van der Waals surface area contributed by atoms with Gasteiger partial charge in [-0.15, -0.1) is 15.0 Å². The minimum Gasteiger partial charge on any atom is -0.434 e. The molecule has 2 heterocycles. The third-order valence-electron chi connectivity index (χ3n) is 7.77. The molecule has 0 atom stereocenters. The fourth-order valence-electron chi connectivity index (χ4n) is 5.07. The highest BCUT2D eigenvalue weighted by atomic mass is 35.5. The van der Waals surface area contributed by atoms with Crippen molar-refractivity contribution in [1.29, 1.82) is 0 Å². The van der Waals surface area contributed by atoms with Crippen LogP contribution in [0.25, 0.3) is 22.5 Å². The van der Waals surface area contributed by atoms with Gasteiger partial charge in [0, 0.05) is 18.5 Å². The Balaban J connectivity index is 1.36. The molecule has 2 aromatic heterocycles. The summed E-state index contributed by atoms with van der Waals surface area (Å²) in [5, 5.41) is 45.6. The van der Waals surface area contributed by atoms with Crippen molar-refractivity contribution in [3.05, 3.63) is 70.8 Å². The molecule has 310 valence electrons. The van der Waals surface area contributed by atoms with Crippen LogP contribution < -0.4 is 0 Å². The summed E-state index contributed by atoms with van der Waals surface area (Å²) >= 11 is 6.45. The van der Waals surface area contributed by atoms with Crippen LogP contribution in [0.2, 0.25) is 5.15 Å². The van der Waals surface area contributed by atoms with Gasteiger partial charge < -0.3 is 28.3 Å². The molecule has 0 amide bonds. The van der Waals surface area contributed by atoms with Crippen molar-refractivity contribution in [1.82, 2.24) is 40.5 Å². The number of hydrogen-bond donors (Lipinski definition) is 4. The summed E-state index contributed by atoms with van der Waals surface area (Å²) in [4.78, 5) is 51.4. The van der Waals surface area contributed by atoms with Crippen LogP contribution in [0.4, 0.5) is 9.59 Å². The summed E-state index contributed by atoms with van der Waals surface area (Å²) in [6, 6.07) is 15.0. The number of tetrazole rings is 1. The number of aryl methyl sites for hydroxylation is 1. The second-order valence-corrected chi connectivity index (χ2v) is 12.2. The molecule has 4 aromatic rings. The Bertz CT molecular complexity index is 1860. The van der Waals surface area contributed by atoms with E-state index < -0.39 is 35.9 Å². The van der Waals surface area contributed by atoms with Crippen LogP contribution in [0.1, 0.15) is 67.3 Å². The molecule has 23 heteroatoms. The zero-order chi connectivity index (χ0) is 41.0. The molecule has 0 unspecified atom stereocenters. The van der Waals surface area contributed by atoms with Gasteiger partial charge in [-0.25, -0.2) is 19.4 Å². The highest BCUT2D eigenvalue weighted by molar-refractivity contribution is 6.32. The molecule has 4 N–H and O–H groups in total. The van der Waals surface area contributed by atoms with E-state index >= 15 is 0 Å². The number of carbonyl (C=O) groups is 3. The number of rotatable bonds is 24. The number of imidazole rings is 1. The molecule has 0 spiro atoms. The van der Waals surface area contributed by atoms with Gasteiger partial charge in [0.2, 0.25) is 19.3 Å². The molecule has 0 radical (unpaired) electrons. The second-order valence-electron chi connectivity index (χ2n) is 11.8. The molecule has 57 heavy (non-hydrogen) atoms. The number of halogens is 1. The predicted octanol–water partition coefficient (Wildman–Crippen LogP) is 5.21. The fraction of sp³-hybridized carbons (Fsp3) is 0.441. The van der Waals surface area contributed by atoms with Gasteiger partial charge in [-0.05, 0) is 54.0 Å². The zero-order valence-corrected chi connectivity index (χ0v) is 31.6. The van der Waals surface area contributed by atoms with Crippen LogP contribution in [0, 0.1) is 0 Å². The Labute approximate surface area is 330 Å². The average Bonchev–Trinajstić information content (AvgIpc) is 3.79. The van der Waals surface area contributed by atoms with Crippen LogP contribution in [-0.2, 0) is 53.1 Å². The van der Waals surface area contributed by atoms with Crippen molar-refractivity contribution < 1.29 is 68.6 Å². The van der Waals surface area contributed by atoms with Crippen LogP contribution in [-0.4, -0.2) is 113 Å². The maximum atomic E-state index is 13.2. The van der Waals surface area contributed by atoms with Crippen molar-refractivity contribution in [2.75, 3.05) is 33.2 Å². The van der Waals surface area contributed by atoms with E-state index in [1.165, 1.54) is 0 Å². The van der Waals surface area contributed by atoms with E-state index in [-0.39, 0.29) is 56.4 Å². The molecule has 0 bridgehead atoms. The van der Waals surface area contributed by atoms with Crippen LogP contribution in [0.15, 0.2) is 48.5 Å². The summed E-state index contributed by atoms with van der Waals surface area (Å²) in [6.07, 6.45) is 1.72. The number of ether oxygens (including phenoxy) is 5. The first-order valence-electron chi connectivity index (χ1n) is 17.6. The van der Waals surface area contributed by atoms with E-state index in [0.717, 1.165) is 34.3 Å². The van der Waals surface area contributed by atoms with Gasteiger partial charge in [0.1, 0.15) is 5.82 Å². The topological polar surface area (TPSA) is 265 Å². The van der Waals surface area contributed by atoms with E-state index in [9.17, 15) is 14.4 Å². The molecular weight excluding hydrogens is 780 g/mol. The predicted molar refractivity (Wildman–Crippen MR) is 190 cm³/mol. The smallest absolute Gasteiger partial charge is 0.434 e. The first-order valence-corrected chi connectivity index (χ1v) is 18.0. The molecule has 0 aliphatic heterocycles. The molecule has 0 fully saturated rings. The minimum atomic E-state index is -1.07.